The molecule has 25 heavy (non-hydrogen) atoms. The number of H-pyrrole nitrogens is 1. The van der Waals surface area contributed by atoms with Crippen molar-refractivity contribution in [1.29, 1.82) is 0 Å². The van der Waals surface area contributed by atoms with E-state index < -0.39 is 12.7 Å². The van der Waals surface area contributed by atoms with Crippen molar-refractivity contribution in [2.75, 3.05) is 6.54 Å². The average Bonchev–Trinajstić information content (AvgIpc) is 3.07. The Kier molecular flexibility index (Phi) is 4.95. The number of amides is 1. The van der Waals surface area contributed by atoms with Gasteiger partial charge in [-0.3, -0.25) is 4.79 Å². The van der Waals surface area contributed by atoms with Gasteiger partial charge in [-0.25, -0.2) is 0 Å². The Morgan fingerprint density at radius 3 is 2.64 bits per heavy atom. The zero-order valence-corrected chi connectivity index (χ0v) is 13.1. The van der Waals surface area contributed by atoms with Crippen LogP contribution in [-0.2, 0) is 0 Å². The van der Waals surface area contributed by atoms with Gasteiger partial charge in [0.2, 0.25) is 0 Å². The first kappa shape index (κ1) is 16.9. The molecule has 2 aromatic carbocycles. The Morgan fingerprint density at radius 1 is 1.16 bits per heavy atom. The molecular weight excluding hydrogens is 330 g/mol. The molecule has 1 heterocycles. The lowest BCUT2D eigenvalue weighted by atomic mass is 10.1. The largest absolute Gasteiger partial charge is 0.435 e. The minimum Gasteiger partial charge on any atom is -0.435 e. The molecule has 0 fully saturated rings. The highest BCUT2D eigenvalue weighted by Crippen LogP contribution is 2.19. The molecule has 1 atom stereocenters. The van der Waals surface area contributed by atoms with Crippen molar-refractivity contribution in [3.8, 4) is 5.75 Å². The van der Waals surface area contributed by atoms with Gasteiger partial charge in [-0.15, -0.1) is 0 Å². The fourth-order valence-corrected chi connectivity index (χ4v) is 2.47. The third-order valence-corrected chi connectivity index (χ3v) is 3.76. The molecule has 1 aromatic heterocycles. The number of nitrogens with one attached hydrogen (secondary N) is 2. The first-order valence-electron chi connectivity index (χ1n) is 7.61. The van der Waals surface area contributed by atoms with E-state index in [0.717, 1.165) is 10.9 Å². The Labute approximate surface area is 142 Å². The zero-order chi connectivity index (χ0) is 17.8. The van der Waals surface area contributed by atoms with E-state index >= 15 is 0 Å². The van der Waals surface area contributed by atoms with Crippen LogP contribution in [0.4, 0.5) is 8.78 Å². The first-order valence-corrected chi connectivity index (χ1v) is 7.61. The Morgan fingerprint density at radius 2 is 1.92 bits per heavy atom. The number of fused-ring (bicyclic) bond motifs is 1. The summed E-state index contributed by atoms with van der Waals surface area (Å²) in [5, 5.41) is 13.8. The highest BCUT2D eigenvalue weighted by Gasteiger charge is 2.12. The van der Waals surface area contributed by atoms with Crippen molar-refractivity contribution >= 4 is 16.8 Å². The normalized spacial score (nSPS) is 12.3. The van der Waals surface area contributed by atoms with E-state index in [1.165, 1.54) is 24.3 Å². The number of ether oxygens (including phenoxy) is 1. The molecule has 7 heteroatoms. The average molecular weight is 346 g/mol. The third-order valence-electron chi connectivity index (χ3n) is 3.76. The van der Waals surface area contributed by atoms with Crippen molar-refractivity contribution in [1.82, 2.24) is 10.3 Å². The maximum absolute atomic E-state index is 12.2. The van der Waals surface area contributed by atoms with Gasteiger partial charge >= 0.3 is 6.61 Å². The summed E-state index contributed by atoms with van der Waals surface area (Å²) in [5.41, 5.74) is 1.81. The predicted molar refractivity (Wildman–Crippen MR) is 88.7 cm³/mol. The number of rotatable bonds is 6. The van der Waals surface area contributed by atoms with Crippen LogP contribution in [0.15, 0.2) is 54.7 Å². The lowest BCUT2D eigenvalue weighted by Gasteiger charge is -2.13. The maximum atomic E-state index is 12.2. The minimum atomic E-state index is -2.90. The predicted octanol–water partition coefficient (Wildman–Crippen LogP) is 3.23. The van der Waals surface area contributed by atoms with Gasteiger partial charge < -0.3 is 20.1 Å². The van der Waals surface area contributed by atoms with Crippen LogP contribution >= 0.6 is 0 Å². The topological polar surface area (TPSA) is 74.3 Å². The van der Waals surface area contributed by atoms with Gasteiger partial charge in [0, 0.05) is 23.8 Å². The minimum absolute atomic E-state index is 0.00333. The Hall–Kier alpha value is -2.93. The molecule has 130 valence electrons. The van der Waals surface area contributed by atoms with Crippen molar-refractivity contribution in [2.45, 2.75) is 12.7 Å². The van der Waals surface area contributed by atoms with Crippen LogP contribution in [0.25, 0.3) is 10.9 Å². The van der Waals surface area contributed by atoms with Crippen molar-refractivity contribution < 1.29 is 23.4 Å². The van der Waals surface area contributed by atoms with Gasteiger partial charge in [0.1, 0.15) is 5.75 Å². The summed E-state index contributed by atoms with van der Waals surface area (Å²) in [7, 11) is 0. The van der Waals surface area contributed by atoms with Crippen LogP contribution in [0, 0.1) is 0 Å². The number of hydrogen-bond donors (Lipinski definition) is 3. The molecule has 1 unspecified atom stereocenters. The van der Waals surface area contributed by atoms with Gasteiger partial charge in [0.15, 0.2) is 0 Å². The highest BCUT2D eigenvalue weighted by molar-refractivity contribution is 5.97. The molecular formula is C18H16F2N2O3. The summed E-state index contributed by atoms with van der Waals surface area (Å²) in [4.78, 5) is 15.2. The number of aliphatic hydroxyl groups is 1. The lowest BCUT2D eigenvalue weighted by Crippen LogP contribution is -2.28. The summed E-state index contributed by atoms with van der Waals surface area (Å²) < 4.78 is 28.5. The molecule has 0 radical (unpaired) electrons. The summed E-state index contributed by atoms with van der Waals surface area (Å²) >= 11 is 0. The fourth-order valence-electron chi connectivity index (χ4n) is 2.47. The molecule has 5 nitrogen and oxygen atoms in total. The maximum Gasteiger partial charge on any atom is 0.387 e. The number of hydrogen-bond acceptors (Lipinski definition) is 3. The molecule has 0 aliphatic heterocycles. The molecule has 0 spiro atoms. The van der Waals surface area contributed by atoms with Gasteiger partial charge in [-0.2, -0.15) is 8.78 Å². The highest BCUT2D eigenvalue weighted by atomic mass is 19.3. The molecule has 0 aliphatic rings. The van der Waals surface area contributed by atoms with Crippen molar-refractivity contribution in [3.63, 3.8) is 0 Å². The van der Waals surface area contributed by atoms with Crippen LogP contribution in [0.5, 0.6) is 5.75 Å². The van der Waals surface area contributed by atoms with Crippen LogP contribution in [0.2, 0.25) is 0 Å². The van der Waals surface area contributed by atoms with E-state index in [2.05, 4.69) is 15.0 Å². The van der Waals surface area contributed by atoms with Crippen molar-refractivity contribution in [3.05, 3.63) is 65.9 Å². The van der Waals surface area contributed by atoms with E-state index in [9.17, 15) is 18.7 Å². The number of halogens is 2. The molecule has 0 aliphatic carbocycles. The second-order valence-corrected chi connectivity index (χ2v) is 5.45. The summed E-state index contributed by atoms with van der Waals surface area (Å²) in [6.07, 6.45) is 0.830. The van der Waals surface area contributed by atoms with E-state index in [0.29, 0.717) is 11.1 Å². The fraction of sp³-hybridized carbons (Fsp3) is 0.167. The number of aliphatic hydroxyl groups excluding tert-OH is 1. The number of carbonyl (C=O) groups is 1. The quantitative estimate of drug-likeness (QED) is 0.641. The van der Waals surface area contributed by atoms with E-state index in [-0.39, 0.29) is 18.2 Å². The first-order chi connectivity index (χ1) is 12.0. The number of aromatic nitrogens is 1. The number of alkyl halides is 2. The summed E-state index contributed by atoms with van der Waals surface area (Å²) in [5.74, 6) is -0.303. The number of aromatic amines is 1. The van der Waals surface area contributed by atoms with E-state index in [4.69, 9.17) is 0 Å². The molecule has 0 bridgehead atoms. The van der Waals surface area contributed by atoms with Gasteiger partial charge in [-0.05, 0) is 41.3 Å². The monoisotopic (exact) mass is 346 g/mol. The van der Waals surface area contributed by atoms with Crippen LogP contribution in [0.1, 0.15) is 22.0 Å². The summed E-state index contributed by atoms with van der Waals surface area (Å²) in [6.45, 7) is -2.90. The number of benzene rings is 2. The Balaban J connectivity index is 1.59. The lowest BCUT2D eigenvalue weighted by molar-refractivity contribution is -0.0498. The second-order valence-electron chi connectivity index (χ2n) is 5.45. The van der Waals surface area contributed by atoms with Gasteiger partial charge in [0.25, 0.3) is 5.91 Å². The van der Waals surface area contributed by atoms with Crippen LogP contribution in [0.3, 0.4) is 0 Å². The standard InChI is InChI=1S/C18H16F2N2O3/c19-18(20)25-14-5-3-12(4-6-14)16(23)10-22-17(24)13-2-1-11-7-8-21-15(11)9-13/h1-9,16,18,21,23H,10H2,(H,22,24). The zero-order valence-electron chi connectivity index (χ0n) is 13.1. The molecule has 0 saturated heterocycles. The SMILES string of the molecule is O=C(NCC(O)c1ccc(OC(F)F)cc1)c1ccc2cc[nH]c2c1. The van der Waals surface area contributed by atoms with Crippen LogP contribution in [-0.4, -0.2) is 29.2 Å². The molecule has 1 amide bonds. The van der Waals surface area contributed by atoms with Crippen molar-refractivity contribution in [2.24, 2.45) is 0 Å². The van der Waals surface area contributed by atoms with Crippen LogP contribution < -0.4 is 10.1 Å². The molecule has 0 saturated carbocycles. The molecule has 3 N–H and O–H groups in total. The Bertz CT molecular complexity index is 862. The molecule has 3 rings (SSSR count). The molecule has 3 aromatic rings. The summed E-state index contributed by atoms with van der Waals surface area (Å²) in [6, 6.07) is 12.8. The van der Waals surface area contributed by atoms with E-state index in [1.807, 2.05) is 12.1 Å². The second kappa shape index (κ2) is 7.31. The number of carbonyl (C=O) groups excluding carboxylic acids is 1. The third kappa shape index (κ3) is 4.13. The van der Waals surface area contributed by atoms with Gasteiger partial charge in [-0.1, -0.05) is 18.2 Å². The van der Waals surface area contributed by atoms with Gasteiger partial charge in [0.05, 0.1) is 6.10 Å². The smallest absolute Gasteiger partial charge is 0.387 e. The van der Waals surface area contributed by atoms with E-state index in [1.54, 1.807) is 18.3 Å².